The molecule has 2 unspecified atom stereocenters. The van der Waals surface area contributed by atoms with Gasteiger partial charge >= 0.3 is 0 Å². The van der Waals surface area contributed by atoms with Crippen molar-refractivity contribution in [1.29, 1.82) is 0 Å². The summed E-state index contributed by atoms with van der Waals surface area (Å²) in [5.41, 5.74) is 1.09. The van der Waals surface area contributed by atoms with E-state index in [0.29, 0.717) is 18.7 Å². The molecule has 1 N–H and O–H groups in total. The van der Waals surface area contributed by atoms with Gasteiger partial charge in [-0.1, -0.05) is 6.07 Å². The fraction of sp³-hybridized carbons (Fsp3) is 0.688. The first-order chi connectivity index (χ1) is 9.78. The lowest BCUT2D eigenvalue weighted by molar-refractivity contribution is 0.153. The molecule has 3 heterocycles. The zero-order chi connectivity index (χ0) is 13.9. The highest BCUT2D eigenvalue weighted by Crippen LogP contribution is 2.27. The third-order valence-electron chi connectivity index (χ3n) is 4.70. The summed E-state index contributed by atoms with van der Waals surface area (Å²) in [5.74, 6) is 1.12. The summed E-state index contributed by atoms with van der Waals surface area (Å²) < 4.78 is 0. The highest BCUT2D eigenvalue weighted by molar-refractivity contribution is 5.41. The van der Waals surface area contributed by atoms with Gasteiger partial charge in [-0.3, -0.25) is 4.90 Å². The maximum absolute atomic E-state index is 9.46. The lowest BCUT2D eigenvalue weighted by Crippen LogP contribution is -2.43. The van der Waals surface area contributed by atoms with Crippen molar-refractivity contribution in [3.05, 3.63) is 23.9 Å². The van der Waals surface area contributed by atoms with Crippen molar-refractivity contribution in [2.45, 2.75) is 44.7 Å². The summed E-state index contributed by atoms with van der Waals surface area (Å²) in [6, 6.07) is 7.20. The zero-order valence-corrected chi connectivity index (χ0v) is 12.3. The van der Waals surface area contributed by atoms with Crippen molar-refractivity contribution in [2.75, 3.05) is 31.1 Å². The summed E-state index contributed by atoms with van der Waals surface area (Å²) in [4.78, 5) is 9.61. The van der Waals surface area contributed by atoms with Crippen LogP contribution in [0.25, 0.3) is 0 Å². The Morgan fingerprint density at radius 2 is 2.00 bits per heavy atom. The Labute approximate surface area is 121 Å². The Kier molecular flexibility index (Phi) is 4.22. The summed E-state index contributed by atoms with van der Waals surface area (Å²) in [5, 5.41) is 9.46. The first-order valence-electron chi connectivity index (χ1n) is 7.83. The van der Waals surface area contributed by atoms with Crippen molar-refractivity contribution in [2.24, 2.45) is 0 Å². The SMILES string of the molecule is Cc1cccc(N2CCCC2CN2CCCC2CO)n1. The molecule has 4 nitrogen and oxygen atoms in total. The number of hydrogen-bond acceptors (Lipinski definition) is 4. The number of hydrogen-bond donors (Lipinski definition) is 1. The van der Waals surface area contributed by atoms with Gasteiger partial charge in [-0.05, 0) is 51.3 Å². The Bertz CT molecular complexity index is 451. The molecule has 0 aromatic carbocycles. The number of rotatable bonds is 4. The van der Waals surface area contributed by atoms with E-state index in [4.69, 9.17) is 0 Å². The number of nitrogens with zero attached hydrogens (tertiary/aromatic N) is 3. The van der Waals surface area contributed by atoms with E-state index in [1.807, 2.05) is 0 Å². The molecule has 4 heteroatoms. The van der Waals surface area contributed by atoms with Crippen LogP contribution in [0.3, 0.4) is 0 Å². The highest BCUT2D eigenvalue weighted by Gasteiger charge is 2.31. The third-order valence-corrected chi connectivity index (χ3v) is 4.70. The quantitative estimate of drug-likeness (QED) is 0.910. The van der Waals surface area contributed by atoms with Gasteiger partial charge in [-0.25, -0.2) is 4.98 Å². The Hall–Kier alpha value is -1.13. The van der Waals surface area contributed by atoms with E-state index in [-0.39, 0.29) is 0 Å². The second-order valence-corrected chi connectivity index (χ2v) is 6.10. The van der Waals surface area contributed by atoms with Crippen LogP contribution in [0.5, 0.6) is 0 Å². The first-order valence-corrected chi connectivity index (χ1v) is 7.83. The third kappa shape index (κ3) is 2.81. The van der Waals surface area contributed by atoms with E-state index in [2.05, 4.69) is 39.9 Å². The topological polar surface area (TPSA) is 39.6 Å². The number of anilines is 1. The Balaban J connectivity index is 1.69. The average molecular weight is 275 g/mol. The monoisotopic (exact) mass is 275 g/mol. The molecule has 0 radical (unpaired) electrons. The van der Waals surface area contributed by atoms with Crippen LogP contribution in [0, 0.1) is 6.92 Å². The van der Waals surface area contributed by atoms with Crippen molar-refractivity contribution >= 4 is 5.82 Å². The van der Waals surface area contributed by atoms with Crippen LogP contribution < -0.4 is 4.90 Å². The Morgan fingerprint density at radius 1 is 1.20 bits per heavy atom. The molecule has 2 aliphatic heterocycles. The number of aliphatic hydroxyl groups is 1. The smallest absolute Gasteiger partial charge is 0.129 e. The van der Waals surface area contributed by atoms with Crippen molar-refractivity contribution in [3.63, 3.8) is 0 Å². The molecule has 1 aromatic heterocycles. The van der Waals surface area contributed by atoms with Crippen molar-refractivity contribution in [1.82, 2.24) is 9.88 Å². The van der Waals surface area contributed by atoms with E-state index >= 15 is 0 Å². The number of likely N-dealkylation sites (tertiary alicyclic amines) is 1. The summed E-state index contributed by atoms with van der Waals surface area (Å²) in [7, 11) is 0. The van der Waals surface area contributed by atoms with E-state index < -0.39 is 0 Å². The van der Waals surface area contributed by atoms with Crippen LogP contribution in [0.15, 0.2) is 18.2 Å². The molecule has 1 aromatic rings. The molecule has 2 atom stereocenters. The standard InChI is InChI=1S/C16H25N3O/c1-13-5-2-8-16(17-13)19-10-4-6-14(19)11-18-9-3-7-15(18)12-20/h2,5,8,14-15,20H,3-4,6-7,9-12H2,1H3. The molecule has 0 aliphatic carbocycles. The highest BCUT2D eigenvalue weighted by atomic mass is 16.3. The minimum absolute atomic E-state index is 0.301. The maximum atomic E-state index is 9.46. The van der Waals surface area contributed by atoms with Gasteiger partial charge in [-0.15, -0.1) is 0 Å². The lowest BCUT2D eigenvalue weighted by Gasteiger charge is -2.32. The van der Waals surface area contributed by atoms with E-state index in [1.54, 1.807) is 0 Å². The summed E-state index contributed by atoms with van der Waals surface area (Å²) in [6.45, 7) is 5.67. The molecular weight excluding hydrogens is 250 g/mol. The summed E-state index contributed by atoms with van der Waals surface area (Å²) >= 11 is 0. The molecule has 110 valence electrons. The van der Waals surface area contributed by atoms with Gasteiger partial charge in [0.25, 0.3) is 0 Å². The number of aromatic nitrogens is 1. The number of aryl methyl sites for hydroxylation is 1. The van der Waals surface area contributed by atoms with Crippen LogP contribution >= 0.6 is 0 Å². The molecule has 2 fully saturated rings. The number of aliphatic hydroxyl groups excluding tert-OH is 1. The largest absolute Gasteiger partial charge is 0.395 e. The van der Waals surface area contributed by atoms with Crippen molar-refractivity contribution in [3.8, 4) is 0 Å². The van der Waals surface area contributed by atoms with Crippen molar-refractivity contribution < 1.29 is 5.11 Å². The zero-order valence-electron chi connectivity index (χ0n) is 12.3. The van der Waals surface area contributed by atoms with Gasteiger partial charge in [0.1, 0.15) is 5.82 Å². The Morgan fingerprint density at radius 3 is 2.80 bits per heavy atom. The second-order valence-electron chi connectivity index (χ2n) is 6.10. The van der Waals surface area contributed by atoms with Crippen LogP contribution in [-0.2, 0) is 0 Å². The van der Waals surface area contributed by atoms with Gasteiger partial charge in [0.15, 0.2) is 0 Å². The van der Waals surface area contributed by atoms with Crippen LogP contribution in [0.2, 0.25) is 0 Å². The predicted octanol–water partition coefficient (Wildman–Crippen LogP) is 1.82. The van der Waals surface area contributed by atoms with Crippen LogP contribution in [0.1, 0.15) is 31.4 Å². The van der Waals surface area contributed by atoms with Gasteiger partial charge in [0.05, 0.1) is 6.61 Å². The number of pyridine rings is 1. The fourth-order valence-electron chi connectivity index (χ4n) is 3.63. The van der Waals surface area contributed by atoms with E-state index in [9.17, 15) is 5.11 Å². The van der Waals surface area contributed by atoms with Gasteiger partial charge < -0.3 is 10.0 Å². The first kappa shape index (κ1) is 13.8. The normalized spacial score (nSPS) is 27.4. The fourth-order valence-corrected chi connectivity index (χ4v) is 3.63. The minimum Gasteiger partial charge on any atom is -0.395 e. The second kappa shape index (κ2) is 6.10. The van der Waals surface area contributed by atoms with Crippen LogP contribution in [-0.4, -0.2) is 53.3 Å². The molecule has 0 saturated carbocycles. The molecular formula is C16H25N3O. The molecule has 0 spiro atoms. The predicted molar refractivity (Wildman–Crippen MR) is 81.0 cm³/mol. The van der Waals surface area contributed by atoms with E-state index in [0.717, 1.165) is 37.6 Å². The lowest BCUT2D eigenvalue weighted by atomic mass is 10.2. The van der Waals surface area contributed by atoms with Gasteiger partial charge in [-0.2, -0.15) is 0 Å². The average Bonchev–Trinajstić information content (AvgIpc) is 3.08. The van der Waals surface area contributed by atoms with Gasteiger partial charge in [0.2, 0.25) is 0 Å². The molecule has 3 rings (SSSR count). The molecule has 20 heavy (non-hydrogen) atoms. The van der Waals surface area contributed by atoms with Crippen LogP contribution in [0.4, 0.5) is 5.82 Å². The molecule has 2 aliphatic rings. The minimum atomic E-state index is 0.301. The van der Waals surface area contributed by atoms with E-state index in [1.165, 1.54) is 19.3 Å². The summed E-state index contributed by atoms with van der Waals surface area (Å²) in [6.07, 6.45) is 4.86. The molecule has 2 saturated heterocycles. The van der Waals surface area contributed by atoms with Gasteiger partial charge in [0, 0.05) is 30.9 Å². The molecule has 0 bridgehead atoms. The molecule has 0 amide bonds. The maximum Gasteiger partial charge on any atom is 0.129 e.